The monoisotopic (exact) mass is 433 g/mol. The maximum Gasteiger partial charge on any atom is 0.231 e. The third kappa shape index (κ3) is 3.72. The SMILES string of the molecule is CC(C)n1cnc([C@@H]2CN(Cc3cnn(C)c3)C[C@]23CCN(Cc2ccncc2)C3=O)c1. The maximum atomic E-state index is 13.9. The van der Waals surface area contributed by atoms with Crippen LogP contribution < -0.4 is 0 Å². The standard InChI is InChI=1S/C24H31N7O/c1-18(2)31-15-22(26-17-31)21-14-29(12-20-10-27-28(3)11-20)16-24(21)6-9-30(23(24)32)13-19-4-7-25-8-5-19/h4-5,7-8,10-11,15,17-18,21H,6,9,12-14,16H2,1-3H3/t21-,24+/m0/s1. The third-order valence-electron chi connectivity index (χ3n) is 7.02. The van der Waals surface area contributed by atoms with Gasteiger partial charge < -0.3 is 9.47 Å². The molecule has 168 valence electrons. The van der Waals surface area contributed by atoms with Gasteiger partial charge >= 0.3 is 0 Å². The second-order valence-electron chi connectivity index (χ2n) is 9.57. The molecule has 2 fully saturated rings. The van der Waals surface area contributed by atoms with Crippen LogP contribution in [0.5, 0.6) is 0 Å². The van der Waals surface area contributed by atoms with Crippen molar-refractivity contribution >= 4 is 5.91 Å². The van der Waals surface area contributed by atoms with E-state index in [1.807, 2.05) is 41.3 Å². The molecule has 8 nitrogen and oxygen atoms in total. The molecule has 2 aliphatic rings. The number of hydrogen-bond donors (Lipinski definition) is 0. The summed E-state index contributed by atoms with van der Waals surface area (Å²) in [6, 6.07) is 4.33. The minimum absolute atomic E-state index is 0.0918. The molecule has 8 heteroatoms. The lowest BCUT2D eigenvalue weighted by molar-refractivity contribution is -0.136. The first-order chi connectivity index (χ1) is 15.4. The fourth-order valence-corrected chi connectivity index (χ4v) is 5.32. The van der Waals surface area contributed by atoms with Crippen molar-refractivity contribution in [3.8, 4) is 0 Å². The van der Waals surface area contributed by atoms with Gasteiger partial charge in [0.05, 0.1) is 23.6 Å². The maximum absolute atomic E-state index is 13.9. The largest absolute Gasteiger partial charge is 0.338 e. The van der Waals surface area contributed by atoms with Crippen molar-refractivity contribution in [3.05, 3.63) is 66.3 Å². The minimum atomic E-state index is -0.425. The molecule has 32 heavy (non-hydrogen) atoms. The van der Waals surface area contributed by atoms with Crippen molar-refractivity contribution < 1.29 is 4.79 Å². The Bertz CT molecular complexity index is 1090. The molecule has 0 unspecified atom stereocenters. The van der Waals surface area contributed by atoms with Gasteiger partial charge in [-0.05, 0) is 38.0 Å². The Kier molecular flexibility index (Phi) is 5.33. The zero-order chi connectivity index (χ0) is 22.3. The Morgan fingerprint density at radius 2 is 1.97 bits per heavy atom. The lowest BCUT2D eigenvalue weighted by Gasteiger charge is -2.28. The summed E-state index contributed by atoms with van der Waals surface area (Å²) in [6.07, 6.45) is 12.5. The Morgan fingerprint density at radius 3 is 2.66 bits per heavy atom. The highest BCUT2D eigenvalue weighted by Crippen LogP contribution is 2.50. The molecule has 3 aromatic rings. The molecule has 5 heterocycles. The summed E-state index contributed by atoms with van der Waals surface area (Å²) >= 11 is 0. The quantitative estimate of drug-likeness (QED) is 0.598. The van der Waals surface area contributed by atoms with Crippen LogP contribution in [-0.4, -0.2) is 59.7 Å². The molecule has 2 saturated heterocycles. The molecule has 1 spiro atoms. The highest BCUT2D eigenvalue weighted by atomic mass is 16.2. The molecule has 0 bridgehead atoms. The van der Waals surface area contributed by atoms with E-state index in [1.165, 1.54) is 5.56 Å². The van der Waals surface area contributed by atoms with E-state index < -0.39 is 5.41 Å². The van der Waals surface area contributed by atoms with Crippen LogP contribution in [0.25, 0.3) is 0 Å². The number of nitrogens with zero attached hydrogens (tertiary/aromatic N) is 7. The normalized spacial score (nSPS) is 23.8. The van der Waals surface area contributed by atoms with E-state index in [4.69, 9.17) is 4.98 Å². The highest BCUT2D eigenvalue weighted by molar-refractivity contribution is 5.86. The van der Waals surface area contributed by atoms with Crippen molar-refractivity contribution in [3.63, 3.8) is 0 Å². The summed E-state index contributed by atoms with van der Waals surface area (Å²) in [6.45, 7) is 8.12. The number of aryl methyl sites for hydroxylation is 1. The van der Waals surface area contributed by atoms with Crippen LogP contribution in [0.2, 0.25) is 0 Å². The number of rotatable bonds is 6. The average molecular weight is 434 g/mol. The van der Waals surface area contributed by atoms with Crippen LogP contribution >= 0.6 is 0 Å². The van der Waals surface area contributed by atoms with Gasteiger partial charge in [-0.15, -0.1) is 0 Å². The van der Waals surface area contributed by atoms with Crippen LogP contribution in [0, 0.1) is 5.41 Å². The van der Waals surface area contributed by atoms with Gasteiger partial charge in [-0.1, -0.05) is 0 Å². The second-order valence-corrected chi connectivity index (χ2v) is 9.57. The van der Waals surface area contributed by atoms with Gasteiger partial charge in [0.15, 0.2) is 0 Å². The topological polar surface area (TPSA) is 72.1 Å². The van der Waals surface area contributed by atoms with Gasteiger partial charge in [0.2, 0.25) is 5.91 Å². The Morgan fingerprint density at radius 1 is 1.16 bits per heavy atom. The van der Waals surface area contributed by atoms with E-state index in [9.17, 15) is 4.79 Å². The van der Waals surface area contributed by atoms with Crippen molar-refractivity contribution in [1.29, 1.82) is 0 Å². The lowest BCUT2D eigenvalue weighted by atomic mass is 9.75. The van der Waals surface area contributed by atoms with Crippen LogP contribution in [0.4, 0.5) is 0 Å². The summed E-state index contributed by atoms with van der Waals surface area (Å²) < 4.78 is 3.97. The van der Waals surface area contributed by atoms with E-state index in [1.54, 1.807) is 12.4 Å². The highest BCUT2D eigenvalue weighted by Gasteiger charge is 2.57. The van der Waals surface area contributed by atoms with Crippen molar-refractivity contribution in [2.75, 3.05) is 19.6 Å². The van der Waals surface area contributed by atoms with Crippen LogP contribution in [0.1, 0.15) is 49.0 Å². The summed E-state index contributed by atoms with van der Waals surface area (Å²) in [4.78, 5) is 27.2. The number of likely N-dealkylation sites (tertiary alicyclic amines) is 2. The fraction of sp³-hybridized carbons (Fsp3) is 0.500. The number of pyridine rings is 1. The first kappa shape index (κ1) is 20.9. The predicted molar refractivity (Wildman–Crippen MR) is 121 cm³/mol. The van der Waals surface area contributed by atoms with E-state index in [-0.39, 0.29) is 11.8 Å². The molecule has 0 aromatic carbocycles. The smallest absolute Gasteiger partial charge is 0.231 e. The van der Waals surface area contributed by atoms with Crippen molar-refractivity contribution in [2.45, 2.75) is 45.3 Å². The fourth-order valence-electron chi connectivity index (χ4n) is 5.32. The summed E-state index contributed by atoms with van der Waals surface area (Å²) in [7, 11) is 1.94. The number of amides is 1. The van der Waals surface area contributed by atoms with Crippen LogP contribution in [-0.2, 0) is 24.9 Å². The molecule has 1 amide bonds. The van der Waals surface area contributed by atoms with Gasteiger partial charge in [0.1, 0.15) is 0 Å². The van der Waals surface area contributed by atoms with Crippen molar-refractivity contribution in [1.82, 2.24) is 34.1 Å². The van der Waals surface area contributed by atoms with Gasteiger partial charge in [-0.2, -0.15) is 5.10 Å². The number of carbonyl (C=O) groups excluding carboxylic acids is 1. The third-order valence-corrected chi connectivity index (χ3v) is 7.02. The van der Waals surface area contributed by atoms with Gasteiger partial charge in [-0.3, -0.25) is 19.4 Å². The van der Waals surface area contributed by atoms with E-state index in [0.29, 0.717) is 12.6 Å². The molecule has 5 rings (SSSR count). The molecule has 3 aromatic heterocycles. The molecule has 2 aliphatic heterocycles. The average Bonchev–Trinajstić information content (AvgIpc) is 3.54. The predicted octanol–water partition coefficient (Wildman–Crippen LogP) is 2.61. The van der Waals surface area contributed by atoms with Gasteiger partial charge in [0.25, 0.3) is 0 Å². The first-order valence-electron chi connectivity index (χ1n) is 11.4. The number of carbonyl (C=O) groups is 1. The number of imidazole rings is 1. The lowest BCUT2D eigenvalue weighted by Crippen LogP contribution is -2.39. The van der Waals surface area contributed by atoms with Crippen LogP contribution in [0.15, 0.2) is 49.4 Å². The van der Waals surface area contributed by atoms with E-state index in [0.717, 1.165) is 43.9 Å². The second kappa shape index (κ2) is 8.16. The molecule has 0 saturated carbocycles. The minimum Gasteiger partial charge on any atom is -0.338 e. The van der Waals surface area contributed by atoms with E-state index in [2.05, 4.69) is 45.8 Å². The van der Waals surface area contributed by atoms with Crippen LogP contribution in [0.3, 0.4) is 0 Å². The number of hydrogen-bond acceptors (Lipinski definition) is 5. The van der Waals surface area contributed by atoms with Crippen molar-refractivity contribution in [2.24, 2.45) is 12.5 Å². The molecule has 0 aliphatic carbocycles. The summed E-state index contributed by atoms with van der Waals surface area (Å²) in [5.41, 5.74) is 2.91. The van der Waals surface area contributed by atoms with Gasteiger partial charge in [0, 0.05) is 82.1 Å². The van der Waals surface area contributed by atoms with E-state index >= 15 is 0 Å². The zero-order valence-electron chi connectivity index (χ0n) is 19.1. The first-order valence-corrected chi connectivity index (χ1v) is 11.4. The molecule has 0 N–H and O–H groups in total. The zero-order valence-corrected chi connectivity index (χ0v) is 19.1. The molecule has 2 atom stereocenters. The Hall–Kier alpha value is -3.00. The molecular weight excluding hydrogens is 402 g/mol. The van der Waals surface area contributed by atoms with Gasteiger partial charge in [-0.25, -0.2) is 4.98 Å². The Labute approximate surface area is 188 Å². The summed E-state index contributed by atoms with van der Waals surface area (Å²) in [5.74, 6) is 0.348. The summed E-state index contributed by atoms with van der Waals surface area (Å²) in [5, 5.41) is 4.32. The Balaban J connectivity index is 1.43. The molecular formula is C24H31N7O. The molecule has 0 radical (unpaired) electrons. The number of aromatic nitrogens is 5.